The lowest BCUT2D eigenvalue weighted by Gasteiger charge is -2.21. The van der Waals surface area contributed by atoms with Crippen LogP contribution in [0.4, 0.5) is 0 Å². The minimum absolute atomic E-state index is 0.176. The van der Waals surface area contributed by atoms with Gasteiger partial charge in [-0.2, -0.15) is 0 Å². The molecule has 1 aromatic carbocycles. The largest absolute Gasteiger partial charge is 0.308 e. The van der Waals surface area contributed by atoms with E-state index < -0.39 is 0 Å². The Bertz CT molecular complexity index is 422. The Morgan fingerprint density at radius 3 is 2.44 bits per heavy atom. The normalized spacial score (nSPS) is 12.9. The highest BCUT2D eigenvalue weighted by atomic mass is 14.9. The fourth-order valence-electron chi connectivity index (χ4n) is 1.81. The number of nitrogens with one attached hydrogen (secondary N) is 1. The molecule has 1 nitrogen and oxygen atoms in total. The van der Waals surface area contributed by atoms with Crippen LogP contribution in [0.25, 0.3) is 6.08 Å². The molecule has 0 atom stereocenters. The topological polar surface area (TPSA) is 12.0 Å². The maximum atomic E-state index is 3.56. The minimum atomic E-state index is 0.176. The summed E-state index contributed by atoms with van der Waals surface area (Å²) in [6, 6.07) is 6.51. The van der Waals surface area contributed by atoms with Crippen LogP contribution in [0.5, 0.6) is 0 Å². The van der Waals surface area contributed by atoms with E-state index in [1.807, 2.05) is 0 Å². The van der Waals surface area contributed by atoms with E-state index in [0.29, 0.717) is 0 Å². The van der Waals surface area contributed by atoms with Gasteiger partial charge in [-0.1, -0.05) is 36.8 Å². The van der Waals surface area contributed by atoms with Gasteiger partial charge in [0.2, 0.25) is 0 Å². The van der Waals surface area contributed by atoms with E-state index >= 15 is 0 Å². The zero-order valence-corrected chi connectivity index (χ0v) is 12.7. The highest BCUT2D eigenvalue weighted by molar-refractivity contribution is 5.58. The number of benzene rings is 1. The van der Waals surface area contributed by atoms with Crippen molar-refractivity contribution in [2.75, 3.05) is 6.54 Å². The zero-order valence-electron chi connectivity index (χ0n) is 12.7. The van der Waals surface area contributed by atoms with Gasteiger partial charge in [0.15, 0.2) is 0 Å². The predicted molar refractivity (Wildman–Crippen MR) is 81.9 cm³/mol. The van der Waals surface area contributed by atoms with Gasteiger partial charge in [-0.3, -0.25) is 0 Å². The summed E-state index contributed by atoms with van der Waals surface area (Å²) in [4.78, 5) is 0. The Kier molecular flexibility index (Phi) is 5.15. The third kappa shape index (κ3) is 4.66. The van der Waals surface area contributed by atoms with E-state index in [2.05, 4.69) is 71.1 Å². The molecule has 18 heavy (non-hydrogen) atoms. The highest BCUT2D eigenvalue weighted by Gasteiger charge is 2.09. The molecular formula is C17H27N. The van der Waals surface area contributed by atoms with E-state index in [4.69, 9.17) is 0 Å². The average molecular weight is 245 g/mol. The second-order valence-electron chi connectivity index (χ2n) is 6.05. The molecule has 0 aliphatic rings. The first-order valence-corrected chi connectivity index (χ1v) is 6.84. The van der Waals surface area contributed by atoms with Gasteiger partial charge in [0, 0.05) is 12.1 Å². The third-order valence-corrected chi connectivity index (χ3v) is 3.31. The lowest BCUT2D eigenvalue weighted by Crippen LogP contribution is -2.36. The van der Waals surface area contributed by atoms with Gasteiger partial charge in [0.25, 0.3) is 0 Å². The van der Waals surface area contributed by atoms with Crippen molar-refractivity contribution in [3.05, 3.63) is 40.5 Å². The Hall–Kier alpha value is -1.08. The molecule has 0 radical (unpaired) electrons. The summed E-state index contributed by atoms with van der Waals surface area (Å²) in [6.07, 6.45) is 3.43. The SMILES string of the molecule is CCC(=Cc1cccc(C)c1C)CNC(C)(C)C. The standard InChI is InChI=1S/C17H27N/c1-7-15(12-18-17(4,5)6)11-16-10-8-9-13(2)14(16)3/h8-11,18H,7,12H2,1-6H3. The van der Waals surface area contributed by atoms with E-state index in [1.165, 1.54) is 22.3 Å². The first-order chi connectivity index (χ1) is 8.33. The molecule has 0 aromatic heterocycles. The summed E-state index contributed by atoms with van der Waals surface area (Å²) in [5, 5.41) is 3.56. The van der Waals surface area contributed by atoms with Gasteiger partial charge >= 0.3 is 0 Å². The maximum Gasteiger partial charge on any atom is 0.0172 e. The summed E-state index contributed by atoms with van der Waals surface area (Å²) in [6.45, 7) is 14.2. The minimum Gasteiger partial charge on any atom is -0.308 e. The van der Waals surface area contributed by atoms with E-state index in [9.17, 15) is 0 Å². The van der Waals surface area contributed by atoms with Crippen molar-refractivity contribution < 1.29 is 0 Å². The highest BCUT2D eigenvalue weighted by Crippen LogP contribution is 2.17. The van der Waals surface area contributed by atoms with Gasteiger partial charge < -0.3 is 5.32 Å². The summed E-state index contributed by atoms with van der Waals surface area (Å²) in [7, 11) is 0. The van der Waals surface area contributed by atoms with Crippen molar-refractivity contribution in [3.63, 3.8) is 0 Å². The quantitative estimate of drug-likeness (QED) is 0.824. The molecule has 1 rings (SSSR count). The molecule has 0 heterocycles. The fourth-order valence-corrected chi connectivity index (χ4v) is 1.81. The van der Waals surface area contributed by atoms with Crippen molar-refractivity contribution >= 4 is 6.08 Å². The molecule has 1 heteroatoms. The summed E-state index contributed by atoms with van der Waals surface area (Å²) in [5.41, 5.74) is 5.74. The van der Waals surface area contributed by atoms with Gasteiger partial charge in [-0.25, -0.2) is 0 Å². The molecule has 0 aliphatic carbocycles. The summed E-state index contributed by atoms with van der Waals surface area (Å²) in [5.74, 6) is 0. The van der Waals surface area contributed by atoms with Crippen molar-refractivity contribution in [2.24, 2.45) is 0 Å². The zero-order chi connectivity index (χ0) is 13.8. The Balaban J connectivity index is 2.87. The maximum absolute atomic E-state index is 3.56. The fraction of sp³-hybridized carbons (Fsp3) is 0.529. The molecule has 0 spiro atoms. The monoisotopic (exact) mass is 245 g/mol. The molecule has 0 unspecified atom stereocenters. The van der Waals surface area contributed by atoms with Crippen LogP contribution in [0.2, 0.25) is 0 Å². The lowest BCUT2D eigenvalue weighted by molar-refractivity contribution is 0.443. The van der Waals surface area contributed by atoms with Gasteiger partial charge in [-0.05, 0) is 57.7 Å². The summed E-state index contributed by atoms with van der Waals surface area (Å²) >= 11 is 0. The van der Waals surface area contributed by atoms with E-state index in [0.717, 1.165) is 13.0 Å². The van der Waals surface area contributed by atoms with Crippen LogP contribution in [0.1, 0.15) is 50.8 Å². The molecule has 100 valence electrons. The van der Waals surface area contributed by atoms with Gasteiger partial charge in [0.1, 0.15) is 0 Å². The van der Waals surface area contributed by atoms with Crippen LogP contribution in [0.3, 0.4) is 0 Å². The van der Waals surface area contributed by atoms with Gasteiger partial charge in [0.05, 0.1) is 0 Å². The molecule has 0 fully saturated rings. The Labute approximate surface area is 112 Å². The van der Waals surface area contributed by atoms with Crippen LogP contribution >= 0.6 is 0 Å². The molecule has 0 saturated carbocycles. The third-order valence-electron chi connectivity index (χ3n) is 3.31. The predicted octanol–water partition coefficient (Wildman–Crippen LogP) is 4.48. The van der Waals surface area contributed by atoms with Gasteiger partial charge in [-0.15, -0.1) is 0 Å². The number of hydrogen-bond acceptors (Lipinski definition) is 1. The molecule has 1 aromatic rings. The first kappa shape index (κ1) is 15.0. The Morgan fingerprint density at radius 2 is 1.89 bits per heavy atom. The average Bonchev–Trinajstić information content (AvgIpc) is 2.28. The van der Waals surface area contributed by atoms with Crippen molar-refractivity contribution in [1.29, 1.82) is 0 Å². The van der Waals surface area contributed by atoms with Crippen LogP contribution in [-0.2, 0) is 0 Å². The number of aryl methyl sites for hydroxylation is 1. The molecule has 0 amide bonds. The van der Waals surface area contributed by atoms with Crippen LogP contribution in [0, 0.1) is 13.8 Å². The van der Waals surface area contributed by atoms with E-state index in [-0.39, 0.29) is 5.54 Å². The van der Waals surface area contributed by atoms with E-state index in [1.54, 1.807) is 0 Å². The van der Waals surface area contributed by atoms with Crippen LogP contribution in [0.15, 0.2) is 23.8 Å². The lowest BCUT2D eigenvalue weighted by atomic mass is 10.00. The van der Waals surface area contributed by atoms with Crippen LogP contribution in [-0.4, -0.2) is 12.1 Å². The molecule has 0 bridgehead atoms. The molecular weight excluding hydrogens is 218 g/mol. The van der Waals surface area contributed by atoms with Crippen molar-refractivity contribution in [2.45, 2.75) is 53.5 Å². The van der Waals surface area contributed by atoms with Crippen molar-refractivity contribution in [1.82, 2.24) is 5.32 Å². The second kappa shape index (κ2) is 6.19. The second-order valence-corrected chi connectivity index (χ2v) is 6.05. The van der Waals surface area contributed by atoms with Crippen LogP contribution < -0.4 is 5.32 Å². The smallest absolute Gasteiger partial charge is 0.0172 e. The molecule has 1 N–H and O–H groups in total. The summed E-state index contributed by atoms with van der Waals surface area (Å²) < 4.78 is 0. The number of rotatable bonds is 4. The molecule has 0 aliphatic heterocycles. The Morgan fingerprint density at radius 1 is 1.22 bits per heavy atom. The number of hydrogen-bond donors (Lipinski definition) is 1. The van der Waals surface area contributed by atoms with Crippen molar-refractivity contribution in [3.8, 4) is 0 Å². The first-order valence-electron chi connectivity index (χ1n) is 6.84. The molecule has 0 saturated heterocycles.